The highest BCUT2D eigenvalue weighted by Gasteiger charge is 2.19. The molecule has 0 saturated heterocycles. The number of aromatic amines is 1. The number of rotatable bonds is 6. The fraction of sp³-hybridized carbons (Fsp3) is 0.500. The summed E-state index contributed by atoms with van der Waals surface area (Å²) in [6.07, 6.45) is 8.16. The third kappa shape index (κ3) is 3.49. The predicted octanol–water partition coefficient (Wildman–Crippen LogP) is 1.97. The van der Waals surface area contributed by atoms with Crippen molar-refractivity contribution in [3.05, 3.63) is 24.2 Å². The summed E-state index contributed by atoms with van der Waals surface area (Å²) in [5.41, 5.74) is 1.18. The summed E-state index contributed by atoms with van der Waals surface area (Å²) < 4.78 is 5.23. The van der Waals surface area contributed by atoms with Crippen LogP contribution in [0.15, 0.2) is 18.5 Å². The van der Waals surface area contributed by atoms with Crippen molar-refractivity contribution in [2.24, 2.45) is 0 Å². The molecule has 0 atom stereocenters. The van der Waals surface area contributed by atoms with Gasteiger partial charge in [-0.1, -0.05) is 12.8 Å². The number of hydrogen-bond donors (Lipinski definition) is 3. The van der Waals surface area contributed by atoms with Crippen molar-refractivity contribution >= 4 is 11.6 Å². The Bertz CT molecular complexity index is 580. The molecule has 1 aliphatic carbocycles. The summed E-state index contributed by atoms with van der Waals surface area (Å²) in [5, 5.41) is 19.2. The molecule has 0 amide bonds. The largest absolute Gasteiger partial charge is 0.474 e. The van der Waals surface area contributed by atoms with Gasteiger partial charge < -0.3 is 15.2 Å². The third-order valence-corrected chi connectivity index (χ3v) is 3.60. The molecule has 2 heterocycles. The summed E-state index contributed by atoms with van der Waals surface area (Å²) in [6, 6.07) is 2.03. The van der Waals surface area contributed by atoms with Crippen LogP contribution in [0.3, 0.4) is 0 Å². The average molecular weight is 289 g/mol. The maximum atomic E-state index is 8.74. The first-order valence-electron chi connectivity index (χ1n) is 7.23. The van der Waals surface area contributed by atoms with E-state index in [-0.39, 0.29) is 13.2 Å². The molecular weight excluding hydrogens is 270 g/mol. The number of anilines is 2. The smallest absolute Gasteiger partial charge is 0.234 e. The summed E-state index contributed by atoms with van der Waals surface area (Å²) in [4.78, 5) is 8.30. The molecule has 2 aromatic rings. The molecule has 0 spiro atoms. The zero-order valence-corrected chi connectivity index (χ0v) is 11.7. The van der Waals surface area contributed by atoms with E-state index in [2.05, 4.69) is 25.5 Å². The highest BCUT2D eigenvalue weighted by Crippen LogP contribution is 2.33. The fourth-order valence-corrected chi connectivity index (χ4v) is 2.61. The third-order valence-electron chi connectivity index (χ3n) is 3.60. The lowest BCUT2D eigenvalue weighted by molar-refractivity contribution is 0.196. The molecule has 0 bridgehead atoms. The molecule has 7 heteroatoms. The Hall–Kier alpha value is -2.15. The molecule has 7 nitrogen and oxygen atoms in total. The highest BCUT2D eigenvalue weighted by atomic mass is 16.5. The molecule has 112 valence electrons. The van der Waals surface area contributed by atoms with Crippen molar-refractivity contribution in [2.45, 2.75) is 31.6 Å². The van der Waals surface area contributed by atoms with Gasteiger partial charge in [-0.3, -0.25) is 10.1 Å². The molecule has 2 aromatic heterocycles. The summed E-state index contributed by atoms with van der Waals surface area (Å²) in [7, 11) is 0. The Labute approximate surface area is 122 Å². The van der Waals surface area contributed by atoms with Crippen LogP contribution in [0.1, 0.15) is 37.3 Å². The van der Waals surface area contributed by atoms with Crippen LogP contribution in [0.25, 0.3) is 0 Å². The van der Waals surface area contributed by atoms with Gasteiger partial charge in [-0.25, -0.2) is 0 Å². The minimum atomic E-state index is -0.0521. The van der Waals surface area contributed by atoms with Crippen molar-refractivity contribution in [1.82, 2.24) is 20.2 Å². The molecule has 0 radical (unpaired) electrons. The number of hydrogen-bond acceptors (Lipinski definition) is 6. The van der Waals surface area contributed by atoms with Crippen LogP contribution in [-0.4, -0.2) is 38.5 Å². The fourth-order valence-electron chi connectivity index (χ4n) is 2.61. The lowest BCUT2D eigenvalue weighted by Gasteiger charge is -2.05. The number of aromatic nitrogens is 4. The Morgan fingerprint density at radius 3 is 2.95 bits per heavy atom. The Morgan fingerprint density at radius 2 is 2.14 bits per heavy atom. The number of H-pyrrole nitrogens is 1. The van der Waals surface area contributed by atoms with Gasteiger partial charge in [0.1, 0.15) is 6.61 Å². The molecule has 1 aliphatic rings. The number of nitrogens with zero attached hydrogens (tertiary/aromatic N) is 3. The van der Waals surface area contributed by atoms with E-state index >= 15 is 0 Å². The average Bonchev–Trinajstić information content (AvgIpc) is 3.16. The lowest BCUT2D eigenvalue weighted by Crippen LogP contribution is -2.04. The summed E-state index contributed by atoms with van der Waals surface area (Å²) in [6.45, 7) is 0.149. The van der Waals surface area contributed by atoms with Crippen LogP contribution in [0.5, 0.6) is 5.88 Å². The lowest BCUT2D eigenvalue weighted by atomic mass is 10.0. The van der Waals surface area contributed by atoms with Crippen LogP contribution in [0.4, 0.5) is 11.6 Å². The molecule has 3 rings (SSSR count). The van der Waals surface area contributed by atoms with Gasteiger partial charge in [0.2, 0.25) is 5.88 Å². The highest BCUT2D eigenvalue weighted by molar-refractivity contribution is 5.51. The van der Waals surface area contributed by atoms with Gasteiger partial charge >= 0.3 is 0 Å². The van der Waals surface area contributed by atoms with Crippen LogP contribution in [0.2, 0.25) is 0 Å². The maximum absolute atomic E-state index is 8.74. The van der Waals surface area contributed by atoms with E-state index in [1.54, 1.807) is 6.20 Å². The molecule has 0 aromatic carbocycles. The van der Waals surface area contributed by atoms with Crippen LogP contribution >= 0.6 is 0 Å². The minimum Gasteiger partial charge on any atom is -0.474 e. The quantitative estimate of drug-likeness (QED) is 0.752. The van der Waals surface area contributed by atoms with Crippen molar-refractivity contribution in [1.29, 1.82) is 0 Å². The molecule has 1 saturated carbocycles. The standard InChI is InChI=1S/C14H19N5O2/c20-5-6-21-14-9-15-8-13(17-14)16-12-7-11(18-19-12)10-3-1-2-4-10/h7-10,20H,1-6H2,(H2,16,17,18,19). The topological polar surface area (TPSA) is 96.0 Å². The van der Waals surface area contributed by atoms with E-state index in [1.165, 1.54) is 37.6 Å². The molecule has 0 unspecified atom stereocenters. The van der Waals surface area contributed by atoms with Crippen LogP contribution in [0, 0.1) is 0 Å². The number of nitrogens with one attached hydrogen (secondary N) is 2. The second kappa shape index (κ2) is 6.53. The summed E-state index contributed by atoms with van der Waals surface area (Å²) >= 11 is 0. The van der Waals surface area contributed by atoms with E-state index in [0.29, 0.717) is 17.6 Å². The van der Waals surface area contributed by atoms with Crippen molar-refractivity contribution in [3.8, 4) is 5.88 Å². The SMILES string of the molecule is OCCOc1cncc(Nc2cc(C3CCCC3)[nH]n2)n1. The predicted molar refractivity (Wildman–Crippen MR) is 77.7 cm³/mol. The first-order valence-corrected chi connectivity index (χ1v) is 7.23. The molecule has 0 aliphatic heterocycles. The van der Waals surface area contributed by atoms with Crippen molar-refractivity contribution < 1.29 is 9.84 Å². The summed E-state index contributed by atoms with van der Waals surface area (Å²) in [5.74, 6) is 2.26. The van der Waals surface area contributed by atoms with Crippen LogP contribution in [-0.2, 0) is 0 Å². The molecule has 1 fully saturated rings. The Balaban J connectivity index is 1.65. The van der Waals surface area contributed by atoms with E-state index in [0.717, 1.165) is 5.82 Å². The second-order valence-corrected chi connectivity index (χ2v) is 5.13. The molecule has 3 N–H and O–H groups in total. The van der Waals surface area contributed by atoms with Gasteiger partial charge in [0.05, 0.1) is 19.0 Å². The maximum Gasteiger partial charge on any atom is 0.234 e. The van der Waals surface area contributed by atoms with Crippen molar-refractivity contribution in [3.63, 3.8) is 0 Å². The molecule has 21 heavy (non-hydrogen) atoms. The first-order chi connectivity index (χ1) is 10.3. The van der Waals surface area contributed by atoms with Crippen molar-refractivity contribution in [2.75, 3.05) is 18.5 Å². The van der Waals surface area contributed by atoms with Gasteiger partial charge in [0.15, 0.2) is 11.6 Å². The zero-order valence-electron chi connectivity index (χ0n) is 11.7. The van der Waals surface area contributed by atoms with Gasteiger partial charge in [-0.05, 0) is 12.8 Å². The van der Waals surface area contributed by atoms with Gasteiger partial charge in [0, 0.05) is 17.7 Å². The molecular formula is C14H19N5O2. The monoisotopic (exact) mass is 289 g/mol. The number of aliphatic hydroxyl groups excluding tert-OH is 1. The van der Waals surface area contributed by atoms with E-state index in [1.807, 2.05) is 6.07 Å². The van der Waals surface area contributed by atoms with Gasteiger partial charge in [-0.2, -0.15) is 10.1 Å². The van der Waals surface area contributed by atoms with Gasteiger partial charge in [0.25, 0.3) is 0 Å². The second-order valence-electron chi connectivity index (χ2n) is 5.13. The van der Waals surface area contributed by atoms with E-state index in [9.17, 15) is 0 Å². The van der Waals surface area contributed by atoms with Crippen LogP contribution < -0.4 is 10.1 Å². The van der Waals surface area contributed by atoms with E-state index < -0.39 is 0 Å². The Morgan fingerprint density at radius 1 is 1.29 bits per heavy atom. The first kappa shape index (κ1) is 13.8. The number of ether oxygens (including phenoxy) is 1. The Kier molecular flexibility index (Phi) is 4.30. The van der Waals surface area contributed by atoms with Gasteiger partial charge in [-0.15, -0.1) is 0 Å². The van der Waals surface area contributed by atoms with E-state index in [4.69, 9.17) is 9.84 Å². The number of aliphatic hydroxyl groups is 1. The normalized spacial score (nSPS) is 15.3. The minimum absolute atomic E-state index is 0.0521. The zero-order chi connectivity index (χ0) is 14.5.